The predicted molar refractivity (Wildman–Crippen MR) is 73.3 cm³/mol. The summed E-state index contributed by atoms with van der Waals surface area (Å²) in [7, 11) is 0. The van der Waals surface area contributed by atoms with Gasteiger partial charge in [0.15, 0.2) is 0 Å². The van der Waals surface area contributed by atoms with Crippen molar-refractivity contribution in [1.82, 2.24) is 4.90 Å². The largest absolute Gasteiger partial charge is 0.337 e. The molecule has 0 aromatic carbocycles. The lowest BCUT2D eigenvalue weighted by Gasteiger charge is -2.41. The zero-order chi connectivity index (χ0) is 13.8. The molecule has 0 unspecified atom stereocenters. The van der Waals surface area contributed by atoms with E-state index in [0.717, 1.165) is 12.8 Å². The molecule has 0 atom stereocenters. The average molecular weight is 253 g/mol. The van der Waals surface area contributed by atoms with Crippen molar-refractivity contribution in [2.45, 2.75) is 71.8 Å². The molecule has 0 aliphatic carbocycles. The molecule has 3 nitrogen and oxygen atoms in total. The van der Waals surface area contributed by atoms with Crippen molar-refractivity contribution >= 4 is 11.7 Å². The van der Waals surface area contributed by atoms with E-state index in [1.165, 1.54) is 6.42 Å². The SMILES string of the molecule is CC(C)CCCCC(=O)N1CCC(=O)CC1(C)C. The minimum Gasteiger partial charge on any atom is -0.337 e. The molecule has 18 heavy (non-hydrogen) atoms. The van der Waals surface area contributed by atoms with E-state index in [2.05, 4.69) is 13.8 Å². The lowest BCUT2D eigenvalue weighted by molar-refractivity contribution is -0.142. The molecule has 3 heteroatoms. The van der Waals surface area contributed by atoms with Gasteiger partial charge in [-0.25, -0.2) is 0 Å². The van der Waals surface area contributed by atoms with E-state index in [1.54, 1.807) is 0 Å². The number of hydrogen-bond acceptors (Lipinski definition) is 2. The summed E-state index contributed by atoms with van der Waals surface area (Å²) in [5.74, 6) is 1.21. The lowest BCUT2D eigenvalue weighted by Crippen LogP contribution is -2.53. The molecule has 104 valence electrons. The molecular weight excluding hydrogens is 226 g/mol. The molecular formula is C15H27NO2. The Morgan fingerprint density at radius 3 is 2.56 bits per heavy atom. The van der Waals surface area contributed by atoms with E-state index in [1.807, 2.05) is 18.7 Å². The quantitative estimate of drug-likeness (QED) is 0.706. The first-order chi connectivity index (χ1) is 8.33. The van der Waals surface area contributed by atoms with Crippen LogP contribution >= 0.6 is 0 Å². The Hall–Kier alpha value is -0.860. The summed E-state index contributed by atoms with van der Waals surface area (Å²) in [6, 6.07) is 0. The van der Waals surface area contributed by atoms with Crippen molar-refractivity contribution in [1.29, 1.82) is 0 Å². The molecule has 0 saturated carbocycles. The van der Waals surface area contributed by atoms with Gasteiger partial charge in [-0.1, -0.05) is 26.7 Å². The van der Waals surface area contributed by atoms with Crippen molar-refractivity contribution in [2.75, 3.05) is 6.54 Å². The van der Waals surface area contributed by atoms with Crippen LogP contribution in [0.15, 0.2) is 0 Å². The molecule has 1 fully saturated rings. The van der Waals surface area contributed by atoms with E-state index in [9.17, 15) is 9.59 Å². The van der Waals surface area contributed by atoms with Crippen LogP contribution in [0, 0.1) is 5.92 Å². The average Bonchev–Trinajstić information content (AvgIpc) is 2.22. The van der Waals surface area contributed by atoms with E-state index in [0.29, 0.717) is 31.7 Å². The Morgan fingerprint density at radius 2 is 2.00 bits per heavy atom. The van der Waals surface area contributed by atoms with Crippen LogP contribution in [0.2, 0.25) is 0 Å². The molecule has 0 bridgehead atoms. The molecule has 1 rings (SSSR count). The number of hydrogen-bond donors (Lipinski definition) is 0. The molecule has 0 aromatic heterocycles. The number of carbonyl (C=O) groups is 2. The fraction of sp³-hybridized carbons (Fsp3) is 0.867. The summed E-state index contributed by atoms with van der Waals surface area (Å²) in [6.45, 7) is 9.02. The normalized spacial score (nSPS) is 19.4. The first-order valence-corrected chi connectivity index (χ1v) is 7.15. The highest BCUT2D eigenvalue weighted by Crippen LogP contribution is 2.26. The second kappa shape index (κ2) is 6.35. The van der Waals surface area contributed by atoms with E-state index >= 15 is 0 Å². The molecule has 0 radical (unpaired) electrons. The van der Waals surface area contributed by atoms with Gasteiger partial charge >= 0.3 is 0 Å². The van der Waals surface area contributed by atoms with Crippen LogP contribution in [0.5, 0.6) is 0 Å². The third-order valence-corrected chi connectivity index (χ3v) is 3.70. The minimum absolute atomic E-state index is 0.219. The molecule has 1 heterocycles. The molecule has 1 saturated heterocycles. The van der Waals surface area contributed by atoms with Gasteiger partial charge in [0, 0.05) is 31.3 Å². The smallest absolute Gasteiger partial charge is 0.223 e. The number of Topliss-reactive ketones (excluding diaryl/α,β-unsaturated/α-hetero) is 1. The number of amides is 1. The van der Waals surface area contributed by atoms with Crippen molar-refractivity contribution in [3.8, 4) is 0 Å². The van der Waals surface area contributed by atoms with E-state index < -0.39 is 0 Å². The Kier molecular flexibility index (Phi) is 5.36. The standard InChI is InChI=1S/C15H27NO2/c1-12(2)7-5-6-8-14(18)16-10-9-13(17)11-15(16,3)4/h12H,5-11H2,1-4H3. The third-order valence-electron chi connectivity index (χ3n) is 3.70. The molecule has 1 amide bonds. The van der Waals surface area contributed by atoms with Crippen LogP contribution < -0.4 is 0 Å². The van der Waals surface area contributed by atoms with Crippen molar-refractivity contribution in [3.63, 3.8) is 0 Å². The van der Waals surface area contributed by atoms with Crippen LogP contribution in [-0.2, 0) is 9.59 Å². The summed E-state index contributed by atoms with van der Waals surface area (Å²) < 4.78 is 0. The van der Waals surface area contributed by atoms with Gasteiger partial charge in [-0.2, -0.15) is 0 Å². The molecule has 1 aliphatic rings. The van der Waals surface area contributed by atoms with Gasteiger partial charge < -0.3 is 4.90 Å². The van der Waals surface area contributed by atoms with Gasteiger partial charge in [-0.3, -0.25) is 9.59 Å². The maximum Gasteiger partial charge on any atom is 0.223 e. The first kappa shape index (κ1) is 15.2. The van der Waals surface area contributed by atoms with E-state index in [4.69, 9.17) is 0 Å². The van der Waals surface area contributed by atoms with Crippen LogP contribution in [0.25, 0.3) is 0 Å². The Morgan fingerprint density at radius 1 is 1.33 bits per heavy atom. The summed E-state index contributed by atoms with van der Waals surface area (Å²) >= 11 is 0. The zero-order valence-corrected chi connectivity index (χ0v) is 12.3. The predicted octanol–water partition coefficient (Wildman–Crippen LogP) is 3.17. The van der Waals surface area contributed by atoms with Crippen molar-refractivity contribution in [3.05, 3.63) is 0 Å². The number of likely N-dealkylation sites (tertiary alicyclic amines) is 1. The van der Waals surface area contributed by atoms with E-state index in [-0.39, 0.29) is 17.2 Å². The third kappa shape index (κ3) is 4.43. The number of ketones is 1. The van der Waals surface area contributed by atoms with Crippen LogP contribution in [0.1, 0.15) is 66.2 Å². The first-order valence-electron chi connectivity index (χ1n) is 7.15. The van der Waals surface area contributed by atoms with Crippen molar-refractivity contribution < 1.29 is 9.59 Å². The van der Waals surface area contributed by atoms with Crippen molar-refractivity contribution in [2.24, 2.45) is 5.92 Å². The number of piperidine rings is 1. The monoisotopic (exact) mass is 253 g/mol. The van der Waals surface area contributed by atoms with Crippen LogP contribution in [0.4, 0.5) is 0 Å². The van der Waals surface area contributed by atoms with Gasteiger partial charge in [-0.05, 0) is 26.2 Å². The fourth-order valence-electron chi connectivity index (χ4n) is 2.63. The van der Waals surface area contributed by atoms with Gasteiger partial charge in [0.1, 0.15) is 5.78 Å². The summed E-state index contributed by atoms with van der Waals surface area (Å²) in [6.07, 6.45) is 4.94. The maximum absolute atomic E-state index is 12.2. The number of nitrogens with zero attached hydrogens (tertiary/aromatic N) is 1. The highest BCUT2D eigenvalue weighted by atomic mass is 16.2. The topological polar surface area (TPSA) is 37.4 Å². The molecule has 0 aromatic rings. The van der Waals surface area contributed by atoms with Crippen LogP contribution in [-0.4, -0.2) is 28.7 Å². The molecule has 0 N–H and O–H groups in total. The lowest BCUT2D eigenvalue weighted by atomic mass is 9.89. The van der Waals surface area contributed by atoms with Gasteiger partial charge in [-0.15, -0.1) is 0 Å². The Balaban J connectivity index is 2.39. The van der Waals surface area contributed by atoms with Crippen LogP contribution in [0.3, 0.4) is 0 Å². The zero-order valence-electron chi connectivity index (χ0n) is 12.3. The summed E-state index contributed by atoms with van der Waals surface area (Å²) in [5, 5.41) is 0. The number of carbonyl (C=O) groups excluding carboxylic acids is 2. The summed E-state index contributed by atoms with van der Waals surface area (Å²) in [4.78, 5) is 25.5. The second-order valence-electron chi connectivity index (χ2n) is 6.46. The highest BCUT2D eigenvalue weighted by molar-refractivity contribution is 5.85. The Labute approximate surface area is 111 Å². The fourth-order valence-corrected chi connectivity index (χ4v) is 2.63. The molecule has 1 aliphatic heterocycles. The maximum atomic E-state index is 12.2. The summed E-state index contributed by atoms with van der Waals surface area (Å²) in [5.41, 5.74) is -0.287. The van der Waals surface area contributed by atoms with Gasteiger partial charge in [0.2, 0.25) is 5.91 Å². The van der Waals surface area contributed by atoms with Gasteiger partial charge in [0.05, 0.1) is 0 Å². The number of unbranched alkanes of at least 4 members (excludes halogenated alkanes) is 1. The van der Waals surface area contributed by atoms with Gasteiger partial charge in [0.25, 0.3) is 0 Å². The minimum atomic E-state index is -0.287. The highest BCUT2D eigenvalue weighted by Gasteiger charge is 2.36. The molecule has 0 spiro atoms. The second-order valence-corrected chi connectivity index (χ2v) is 6.46. The Bertz CT molecular complexity index is 308. The number of rotatable bonds is 5.